The van der Waals surface area contributed by atoms with Gasteiger partial charge in [0.25, 0.3) is 0 Å². The lowest BCUT2D eigenvalue weighted by molar-refractivity contribution is 0.0798. The number of rotatable bonds is 7. The van der Waals surface area contributed by atoms with Crippen LogP contribution >= 0.6 is 0 Å². The van der Waals surface area contributed by atoms with Crippen LogP contribution in [0.1, 0.15) is 0 Å². The Kier molecular flexibility index (Phi) is 5.52. The van der Waals surface area contributed by atoms with Crippen LogP contribution in [-0.2, 0) is 11.5 Å². The lowest BCUT2D eigenvalue weighted by Crippen LogP contribution is -2.31. The molecule has 0 atom stereocenters. The Morgan fingerprint density at radius 2 is 2.05 bits per heavy atom. The smallest absolute Gasteiger partial charge is 0.423 e. The van der Waals surface area contributed by atoms with Crippen LogP contribution in [0.3, 0.4) is 0 Å². The van der Waals surface area contributed by atoms with Gasteiger partial charge in [-0.25, -0.2) is 4.68 Å². The standard InChI is InChI=1S/C14H22BN3O3Si/c1-22(2,3)9-8-21-11-18-14(12(10-17-18)15(19)20)13-6-4-5-7-16-13/h4-7,10,19-20H,8-9,11H2,1-3H3. The summed E-state index contributed by atoms with van der Waals surface area (Å²) in [7, 11) is -2.72. The second kappa shape index (κ2) is 7.19. The van der Waals surface area contributed by atoms with Crippen molar-refractivity contribution in [2.75, 3.05) is 6.61 Å². The maximum atomic E-state index is 9.50. The fraction of sp³-hybridized carbons (Fsp3) is 0.429. The first-order valence-corrected chi connectivity index (χ1v) is 11.0. The molecule has 118 valence electrons. The molecule has 0 amide bonds. The molecule has 2 rings (SSSR count). The minimum Gasteiger partial charge on any atom is -0.423 e. The highest BCUT2D eigenvalue weighted by Crippen LogP contribution is 2.15. The van der Waals surface area contributed by atoms with Gasteiger partial charge in [-0.05, 0) is 18.2 Å². The van der Waals surface area contributed by atoms with Gasteiger partial charge < -0.3 is 14.8 Å². The molecule has 2 heterocycles. The van der Waals surface area contributed by atoms with Gasteiger partial charge in [0.2, 0.25) is 0 Å². The summed E-state index contributed by atoms with van der Waals surface area (Å²) in [5.41, 5.74) is 1.54. The summed E-state index contributed by atoms with van der Waals surface area (Å²) in [6, 6.07) is 6.53. The van der Waals surface area contributed by atoms with Gasteiger partial charge in [0.1, 0.15) is 6.73 Å². The van der Waals surface area contributed by atoms with Gasteiger partial charge in [0.15, 0.2) is 0 Å². The third kappa shape index (κ3) is 4.51. The average molecular weight is 319 g/mol. The van der Waals surface area contributed by atoms with Crippen molar-refractivity contribution in [3.05, 3.63) is 30.6 Å². The van der Waals surface area contributed by atoms with E-state index in [1.807, 2.05) is 18.2 Å². The highest BCUT2D eigenvalue weighted by atomic mass is 28.3. The first-order chi connectivity index (χ1) is 10.4. The normalized spacial score (nSPS) is 11.7. The molecule has 8 heteroatoms. The van der Waals surface area contributed by atoms with Gasteiger partial charge in [-0.2, -0.15) is 5.10 Å². The van der Waals surface area contributed by atoms with Crippen molar-refractivity contribution in [1.29, 1.82) is 0 Å². The van der Waals surface area contributed by atoms with Crippen LogP contribution in [0.15, 0.2) is 30.6 Å². The zero-order chi connectivity index (χ0) is 16.2. The van der Waals surface area contributed by atoms with E-state index in [0.29, 0.717) is 23.5 Å². The van der Waals surface area contributed by atoms with Crippen LogP contribution in [0.4, 0.5) is 0 Å². The number of ether oxygens (including phenoxy) is 1. The Bertz CT molecular complexity index is 599. The summed E-state index contributed by atoms with van der Waals surface area (Å²) in [5.74, 6) is 0. The van der Waals surface area contributed by atoms with E-state index in [1.165, 1.54) is 6.20 Å². The van der Waals surface area contributed by atoms with Crippen molar-refractivity contribution in [2.45, 2.75) is 32.4 Å². The quantitative estimate of drug-likeness (QED) is 0.586. The van der Waals surface area contributed by atoms with Crippen LogP contribution in [0.25, 0.3) is 11.4 Å². The summed E-state index contributed by atoms with van der Waals surface area (Å²) in [6.45, 7) is 7.83. The third-order valence-corrected chi connectivity index (χ3v) is 4.97. The van der Waals surface area contributed by atoms with Crippen LogP contribution in [0, 0.1) is 0 Å². The molecular weight excluding hydrogens is 297 g/mol. The molecule has 0 unspecified atom stereocenters. The Morgan fingerprint density at radius 1 is 1.27 bits per heavy atom. The lowest BCUT2D eigenvalue weighted by atomic mass is 9.80. The van der Waals surface area contributed by atoms with Crippen molar-refractivity contribution < 1.29 is 14.8 Å². The van der Waals surface area contributed by atoms with Crippen LogP contribution in [0.2, 0.25) is 25.7 Å². The van der Waals surface area contributed by atoms with E-state index in [1.54, 1.807) is 10.9 Å². The molecule has 2 N–H and O–H groups in total. The molecule has 0 aliphatic heterocycles. The largest absolute Gasteiger partial charge is 0.492 e. The Labute approximate surface area is 131 Å². The lowest BCUT2D eigenvalue weighted by Gasteiger charge is -2.16. The fourth-order valence-electron chi connectivity index (χ4n) is 2.00. The van der Waals surface area contributed by atoms with Crippen LogP contribution in [0.5, 0.6) is 0 Å². The maximum Gasteiger partial charge on any atom is 0.492 e. The van der Waals surface area contributed by atoms with Gasteiger partial charge in [-0.15, -0.1) is 0 Å². The molecule has 0 aliphatic rings. The van der Waals surface area contributed by atoms with E-state index >= 15 is 0 Å². The fourth-order valence-corrected chi connectivity index (χ4v) is 2.76. The van der Waals surface area contributed by atoms with E-state index < -0.39 is 15.2 Å². The molecule has 0 saturated carbocycles. The highest BCUT2D eigenvalue weighted by molar-refractivity contribution is 6.76. The first kappa shape index (κ1) is 16.9. The molecular formula is C14H22BN3O3Si. The third-order valence-electron chi connectivity index (χ3n) is 3.26. The molecule has 0 aromatic carbocycles. The van der Waals surface area contributed by atoms with E-state index in [9.17, 15) is 10.0 Å². The van der Waals surface area contributed by atoms with Gasteiger partial charge >= 0.3 is 7.12 Å². The van der Waals surface area contributed by atoms with Crippen molar-refractivity contribution >= 4 is 20.7 Å². The summed E-state index contributed by atoms with van der Waals surface area (Å²) in [5, 5.41) is 23.2. The molecule has 2 aromatic heterocycles. The van der Waals surface area contributed by atoms with Crippen LogP contribution in [-0.4, -0.2) is 46.6 Å². The van der Waals surface area contributed by atoms with E-state index in [-0.39, 0.29) is 6.73 Å². The van der Waals surface area contributed by atoms with E-state index in [4.69, 9.17) is 4.74 Å². The Morgan fingerprint density at radius 3 is 2.64 bits per heavy atom. The van der Waals surface area contributed by atoms with Crippen molar-refractivity contribution in [2.24, 2.45) is 0 Å². The summed E-state index contributed by atoms with van der Waals surface area (Å²) >= 11 is 0. The van der Waals surface area contributed by atoms with Crippen LogP contribution < -0.4 is 5.46 Å². The predicted molar refractivity (Wildman–Crippen MR) is 89.4 cm³/mol. The number of nitrogens with zero attached hydrogens (tertiary/aromatic N) is 3. The van der Waals surface area contributed by atoms with Gasteiger partial charge in [-0.3, -0.25) is 4.98 Å². The average Bonchev–Trinajstić information content (AvgIpc) is 2.87. The van der Waals surface area contributed by atoms with E-state index in [2.05, 4.69) is 29.7 Å². The Balaban J connectivity index is 2.15. The summed E-state index contributed by atoms with van der Waals surface area (Å²) in [4.78, 5) is 4.26. The van der Waals surface area contributed by atoms with Crippen molar-refractivity contribution in [3.63, 3.8) is 0 Å². The second-order valence-electron chi connectivity index (χ2n) is 6.38. The van der Waals surface area contributed by atoms with E-state index in [0.717, 1.165) is 6.04 Å². The molecule has 0 bridgehead atoms. The molecule has 2 aromatic rings. The monoisotopic (exact) mass is 319 g/mol. The topological polar surface area (TPSA) is 80.4 Å². The Hall–Kier alpha value is -1.48. The first-order valence-electron chi connectivity index (χ1n) is 7.29. The number of hydrogen-bond acceptors (Lipinski definition) is 5. The number of aromatic nitrogens is 3. The highest BCUT2D eigenvalue weighted by Gasteiger charge is 2.23. The zero-order valence-electron chi connectivity index (χ0n) is 13.2. The minimum absolute atomic E-state index is 0.267. The predicted octanol–water partition coefficient (Wildman–Crippen LogP) is 0.937. The molecule has 22 heavy (non-hydrogen) atoms. The van der Waals surface area contributed by atoms with Crippen molar-refractivity contribution in [1.82, 2.24) is 14.8 Å². The number of pyridine rings is 1. The SMILES string of the molecule is C[Si](C)(C)CCOCn1ncc(B(O)O)c1-c1ccccn1. The molecule has 0 fully saturated rings. The maximum absolute atomic E-state index is 9.50. The van der Waals surface area contributed by atoms with Gasteiger partial charge in [0.05, 0.1) is 11.4 Å². The molecule has 0 spiro atoms. The number of hydrogen-bond donors (Lipinski definition) is 2. The van der Waals surface area contributed by atoms with Gasteiger partial charge in [0, 0.05) is 32.5 Å². The molecule has 0 radical (unpaired) electrons. The minimum atomic E-state index is -1.59. The van der Waals surface area contributed by atoms with Gasteiger partial charge in [-0.1, -0.05) is 25.7 Å². The zero-order valence-corrected chi connectivity index (χ0v) is 14.2. The van der Waals surface area contributed by atoms with Crippen molar-refractivity contribution in [3.8, 4) is 11.4 Å². The molecule has 0 saturated heterocycles. The summed E-state index contributed by atoms with van der Waals surface area (Å²) < 4.78 is 7.31. The molecule has 6 nitrogen and oxygen atoms in total. The molecule has 0 aliphatic carbocycles. The second-order valence-corrected chi connectivity index (χ2v) is 12.0. The summed E-state index contributed by atoms with van der Waals surface area (Å²) in [6.07, 6.45) is 3.10.